The number of hydrogen-bond acceptors (Lipinski definition) is 5. The van der Waals surface area contributed by atoms with Gasteiger partial charge in [0.05, 0.1) is 6.10 Å². The molecule has 1 aromatic carbocycles. The molecule has 0 bridgehead atoms. The Hall–Kier alpha value is -2.47. The number of hydrogen-bond donors (Lipinski definition) is 1. The fourth-order valence-corrected chi connectivity index (χ4v) is 3.60. The molecule has 0 saturated heterocycles. The summed E-state index contributed by atoms with van der Waals surface area (Å²) in [5, 5.41) is 23.5. The lowest BCUT2D eigenvalue weighted by Crippen LogP contribution is -2.35. The predicted octanol–water partition coefficient (Wildman–Crippen LogP) is 2.78. The van der Waals surface area contributed by atoms with E-state index in [1.54, 1.807) is 4.52 Å². The van der Waals surface area contributed by atoms with Gasteiger partial charge < -0.3 is 10.0 Å². The van der Waals surface area contributed by atoms with Crippen molar-refractivity contribution in [3.63, 3.8) is 0 Å². The van der Waals surface area contributed by atoms with Crippen LogP contribution in [-0.2, 0) is 0 Å². The molecule has 2 heterocycles. The topological polar surface area (TPSA) is 66.5 Å². The number of benzene rings is 1. The average Bonchev–Trinajstić information content (AvgIpc) is 3.07. The van der Waals surface area contributed by atoms with Crippen LogP contribution in [0.15, 0.2) is 42.5 Å². The minimum atomic E-state index is -0.199. The van der Waals surface area contributed by atoms with Crippen LogP contribution < -0.4 is 4.90 Å². The van der Waals surface area contributed by atoms with Crippen molar-refractivity contribution in [1.82, 2.24) is 19.8 Å². The highest BCUT2D eigenvalue weighted by Gasteiger charge is 2.24. The van der Waals surface area contributed by atoms with Crippen LogP contribution in [0.3, 0.4) is 0 Å². The molecule has 0 spiro atoms. The number of anilines is 1. The molecule has 1 fully saturated rings. The summed E-state index contributed by atoms with van der Waals surface area (Å²) >= 11 is 0. The van der Waals surface area contributed by atoms with Crippen LogP contribution in [0.25, 0.3) is 17.0 Å². The lowest BCUT2D eigenvalue weighted by Gasteiger charge is -2.31. The second-order valence-corrected chi connectivity index (χ2v) is 6.84. The van der Waals surface area contributed by atoms with E-state index >= 15 is 0 Å². The predicted molar refractivity (Wildman–Crippen MR) is 97.5 cm³/mol. The van der Waals surface area contributed by atoms with Crippen molar-refractivity contribution in [1.29, 1.82) is 0 Å². The number of aliphatic hydroxyl groups is 1. The Morgan fingerprint density at radius 1 is 1.08 bits per heavy atom. The molecule has 25 heavy (non-hydrogen) atoms. The fraction of sp³-hybridized carbons (Fsp3) is 0.421. The van der Waals surface area contributed by atoms with Crippen LogP contribution >= 0.6 is 0 Å². The van der Waals surface area contributed by atoms with Gasteiger partial charge in [-0.2, -0.15) is 4.52 Å². The summed E-state index contributed by atoms with van der Waals surface area (Å²) in [5.74, 6) is 1.91. The molecule has 1 saturated carbocycles. The fourth-order valence-electron chi connectivity index (χ4n) is 3.60. The van der Waals surface area contributed by atoms with Crippen molar-refractivity contribution in [2.24, 2.45) is 5.92 Å². The lowest BCUT2D eigenvalue weighted by molar-refractivity contribution is 0.0735. The van der Waals surface area contributed by atoms with Gasteiger partial charge in [-0.05, 0) is 25.0 Å². The van der Waals surface area contributed by atoms with Crippen molar-refractivity contribution in [2.45, 2.75) is 31.8 Å². The van der Waals surface area contributed by atoms with E-state index in [9.17, 15) is 5.11 Å². The minimum absolute atomic E-state index is 0.199. The van der Waals surface area contributed by atoms with E-state index < -0.39 is 0 Å². The van der Waals surface area contributed by atoms with Gasteiger partial charge in [-0.25, -0.2) is 0 Å². The van der Waals surface area contributed by atoms with E-state index in [2.05, 4.69) is 15.1 Å². The molecule has 0 radical (unpaired) electrons. The van der Waals surface area contributed by atoms with Gasteiger partial charge in [0.2, 0.25) is 0 Å². The van der Waals surface area contributed by atoms with Crippen molar-refractivity contribution >= 4 is 11.5 Å². The summed E-state index contributed by atoms with van der Waals surface area (Å²) in [6, 6.07) is 13.9. The molecule has 1 aliphatic rings. The van der Waals surface area contributed by atoms with Crippen LogP contribution in [0.4, 0.5) is 5.82 Å². The first-order valence-electron chi connectivity index (χ1n) is 8.89. The standard InChI is InChI=1S/C19H23N5O/c1-23(13-15-9-5-6-10-16(15)25)18-12-11-17-20-21-19(24(17)22-18)14-7-3-2-4-8-14/h2-4,7-8,11-12,15-16,25H,5-6,9-10,13H2,1H3. The summed E-state index contributed by atoms with van der Waals surface area (Å²) in [6.07, 6.45) is 4.12. The third-order valence-electron chi connectivity index (χ3n) is 5.05. The molecule has 1 aliphatic carbocycles. The molecule has 2 unspecified atom stereocenters. The van der Waals surface area contributed by atoms with E-state index in [-0.39, 0.29) is 6.10 Å². The Balaban J connectivity index is 1.62. The largest absolute Gasteiger partial charge is 0.393 e. The third-order valence-corrected chi connectivity index (χ3v) is 5.05. The molecule has 0 aliphatic heterocycles. The number of nitrogens with zero attached hydrogens (tertiary/aromatic N) is 5. The maximum absolute atomic E-state index is 10.2. The number of fused-ring (bicyclic) bond motifs is 1. The molecule has 3 aromatic rings. The van der Waals surface area contributed by atoms with Gasteiger partial charge in [0, 0.05) is 25.1 Å². The number of aromatic nitrogens is 4. The molecule has 6 nitrogen and oxygen atoms in total. The number of rotatable bonds is 4. The summed E-state index contributed by atoms with van der Waals surface area (Å²) in [5.41, 5.74) is 1.72. The molecular formula is C19H23N5O. The van der Waals surface area contributed by atoms with Crippen LogP contribution in [0.2, 0.25) is 0 Å². The molecule has 0 amide bonds. The molecular weight excluding hydrogens is 314 g/mol. The lowest BCUT2D eigenvalue weighted by atomic mass is 9.86. The zero-order valence-electron chi connectivity index (χ0n) is 14.4. The molecule has 130 valence electrons. The highest BCUT2D eigenvalue weighted by atomic mass is 16.3. The first kappa shape index (κ1) is 16.0. The van der Waals surface area contributed by atoms with E-state index in [1.807, 2.05) is 49.5 Å². The molecule has 6 heteroatoms. The van der Waals surface area contributed by atoms with E-state index in [1.165, 1.54) is 6.42 Å². The highest BCUT2D eigenvalue weighted by Crippen LogP contribution is 2.26. The van der Waals surface area contributed by atoms with Crippen LogP contribution in [0, 0.1) is 5.92 Å². The first-order valence-corrected chi connectivity index (χ1v) is 8.89. The van der Waals surface area contributed by atoms with Gasteiger partial charge in [0.15, 0.2) is 11.5 Å². The van der Waals surface area contributed by atoms with Gasteiger partial charge in [-0.3, -0.25) is 0 Å². The van der Waals surface area contributed by atoms with E-state index in [0.717, 1.165) is 48.7 Å². The van der Waals surface area contributed by atoms with Gasteiger partial charge in [0.1, 0.15) is 5.82 Å². The van der Waals surface area contributed by atoms with Crippen molar-refractivity contribution in [3.8, 4) is 11.4 Å². The van der Waals surface area contributed by atoms with Crippen LogP contribution in [-0.4, -0.2) is 44.6 Å². The Morgan fingerprint density at radius 2 is 1.88 bits per heavy atom. The molecule has 1 N–H and O–H groups in total. The van der Waals surface area contributed by atoms with Crippen molar-refractivity contribution in [2.75, 3.05) is 18.5 Å². The SMILES string of the molecule is CN(CC1CCCCC1O)c1ccc2nnc(-c3ccccc3)n2n1. The second-order valence-electron chi connectivity index (χ2n) is 6.84. The van der Waals surface area contributed by atoms with Gasteiger partial charge in [0.25, 0.3) is 0 Å². The zero-order chi connectivity index (χ0) is 17.2. The van der Waals surface area contributed by atoms with Crippen LogP contribution in [0.1, 0.15) is 25.7 Å². The Labute approximate surface area is 147 Å². The van der Waals surface area contributed by atoms with Gasteiger partial charge in [-0.15, -0.1) is 15.3 Å². The van der Waals surface area contributed by atoms with Gasteiger partial charge >= 0.3 is 0 Å². The Kier molecular flexibility index (Phi) is 4.36. The Morgan fingerprint density at radius 3 is 2.68 bits per heavy atom. The summed E-state index contributed by atoms with van der Waals surface area (Å²) in [6.45, 7) is 0.808. The number of aliphatic hydroxyl groups excluding tert-OH is 1. The van der Waals surface area contributed by atoms with Crippen molar-refractivity contribution < 1.29 is 5.11 Å². The summed E-state index contributed by atoms with van der Waals surface area (Å²) < 4.78 is 1.79. The molecule has 2 atom stereocenters. The van der Waals surface area contributed by atoms with E-state index in [4.69, 9.17) is 5.10 Å². The van der Waals surface area contributed by atoms with Gasteiger partial charge in [-0.1, -0.05) is 43.2 Å². The zero-order valence-corrected chi connectivity index (χ0v) is 14.4. The minimum Gasteiger partial charge on any atom is -0.393 e. The van der Waals surface area contributed by atoms with E-state index in [0.29, 0.717) is 5.92 Å². The first-order chi connectivity index (χ1) is 12.2. The maximum Gasteiger partial charge on any atom is 0.185 e. The Bertz CT molecular complexity index is 847. The quantitative estimate of drug-likeness (QED) is 0.793. The van der Waals surface area contributed by atoms with Crippen LogP contribution in [0.5, 0.6) is 0 Å². The van der Waals surface area contributed by atoms with Crippen molar-refractivity contribution in [3.05, 3.63) is 42.5 Å². The average molecular weight is 337 g/mol. The monoisotopic (exact) mass is 337 g/mol. The molecule has 2 aromatic heterocycles. The third kappa shape index (κ3) is 3.22. The second kappa shape index (κ2) is 6.80. The maximum atomic E-state index is 10.2. The molecule has 4 rings (SSSR count). The summed E-state index contributed by atoms with van der Waals surface area (Å²) in [7, 11) is 2.03. The smallest absolute Gasteiger partial charge is 0.185 e. The highest BCUT2D eigenvalue weighted by molar-refractivity contribution is 5.59. The summed E-state index contributed by atoms with van der Waals surface area (Å²) in [4.78, 5) is 2.12. The normalized spacial score (nSPS) is 20.7.